The summed E-state index contributed by atoms with van der Waals surface area (Å²) in [6.45, 7) is 3.75. The van der Waals surface area contributed by atoms with Crippen LogP contribution in [-0.2, 0) is 6.54 Å². The van der Waals surface area contributed by atoms with E-state index in [0.29, 0.717) is 26.1 Å². The lowest BCUT2D eigenvalue weighted by molar-refractivity contribution is 0.207. The van der Waals surface area contributed by atoms with Crippen molar-refractivity contribution in [2.45, 2.75) is 58.4 Å². The first-order valence-electron chi connectivity index (χ1n) is 11.4. The maximum atomic E-state index is 14.0. The number of rotatable bonds is 14. The molecule has 0 heterocycles. The number of aliphatic hydroxyl groups excluding tert-OH is 1. The number of amides is 2. The number of hydrogen-bond donors (Lipinski definition) is 2. The van der Waals surface area contributed by atoms with Gasteiger partial charge < -0.3 is 20.1 Å². The summed E-state index contributed by atoms with van der Waals surface area (Å²) in [5.74, 6) is -0.758. The molecule has 176 valence electrons. The van der Waals surface area contributed by atoms with Crippen molar-refractivity contribution in [3.05, 3.63) is 59.7 Å². The highest BCUT2D eigenvalue weighted by atomic mass is 19.1. The van der Waals surface area contributed by atoms with Gasteiger partial charge in [0, 0.05) is 25.8 Å². The second-order valence-electron chi connectivity index (χ2n) is 7.81. The number of anilines is 1. The van der Waals surface area contributed by atoms with E-state index in [4.69, 9.17) is 9.84 Å². The normalized spacial score (nSPS) is 10.8. The monoisotopic (exact) mass is 448 g/mol. The third-order valence-electron chi connectivity index (χ3n) is 5.11. The fourth-order valence-electron chi connectivity index (χ4n) is 3.26. The van der Waals surface area contributed by atoms with E-state index in [1.54, 1.807) is 4.90 Å². The number of hydrogen-bond acceptors (Lipinski definition) is 3. The Hall–Kier alpha value is -2.67. The van der Waals surface area contributed by atoms with Crippen LogP contribution in [0.3, 0.4) is 0 Å². The molecule has 0 aliphatic rings. The smallest absolute Gasteiger partial charge is 0.322 e. The molecular formula is C25H34F2N2O3. The van der Waals surface area contributed by atoms with E-state index < -0.39 is 17.7 Å². The SMILES string of the molecule is CCCCCCCN(Cc1ccc(OCCCCO)cc1)C(=O)Nc1ccc(F)cc1F. The van der Waals surface area contributed by atoms with Crippen LogP contribution in [0.5, 0.6) is 5.75 Å². The lowest BCUT2D eigenvalue weighted by Crippen LogP contribution is -2.35. The van der Waals surface area contributed by atoms with E-state index >= 15 is 0 Å². The van der Waals surface area contributed by atoms with Gasteiger partial charge in [-0.1, -0.05) is 44.7 Å². The summed E-state index contributed by atoms with van der Waals surface area (Å²) >= 11 is 0. The first kappa shape index (κ1) is 25.6. The minimum absolute atomic E-state index is 0.0426. The van der Waals surface area contributed by atoms with Crippen molar-refractivity contribution < 1.29 is 23.4 Å². The molecule has 7 heteroatoms. The molecule has 0 saturated heterocycles. The number of unbranched alkanes of at least 4 members (excludes halogenated alkanes) is 5. The van der Waals surface area contributed by atoms with Crippen LogP contribution in [0.2, 0.25) is 0 Å². The number of carbonyl (C=O) groups excluding carboxylic acids is 1. The van der Waals surface area contributed by atoms with Crippen LogP contribution >= 0.6 is 0 Å². The third-order valence-corrected chi connectivity index (χ3v) is 5.11. The topological polar surface area (TPSA) is 61.8 Å². The number of aliphatic hydroxyl groups is 1. The summed E-state index contributed by atoms with van der Waals surface area (Å²) in [6.07, 6.45) is 6.77. The van der Waals surface area contributed by atoms with E-state index in [1.807, 2.05) is 24.3 Å². The molecule has 32 heavy (non-hydrogen) atoms. The number of carbonyl (C=O) groups is 1. The van der Waals surface area contributed by atoms with Gasteiger partial charge >= 0.3 is 6.03 Å². The van der Waals surface area contributed by atoms with Gasteiger partial charge in [-0.3, -0.25) is 0 Å². The van der Waals surface area contributed by atoms with Crippen LogP contribution in [0, 0.1) is 11.6 Å². The third kappa shape index (κ3) is 9.22. The van der Waals surface area contributed by atoms with E-state index in [9.17, 15) is 13.6 Å². The molecule has 0 aliphatic carbocycles. The summed E-state index contributed by atoms with van der Waals surface area (Å²) in [6, 6.07) is 10.2. The fourth-order valence-corrected chi connectivity index (χ4v) is 3.26. The van der Waals surface area contributed by atoms with E-state index in [0.717, 1.165) is 62.0 Å². The molecule has 0 saturated carbocycles. The first-order chi connectivity index (χ1) is 15.5. The number of ether oxygens (including phenoxy) is 1. The molecule has 0 fully saturated rings. The predicted octanol–water partition coefficient (Wildman–Crippen LogP) is 6.12. The van der Waals surface area contributed by atoms with Crippen molar-refractivity contribution >= 4 is 11.7 Å². The van der Waals surface area contributed by atoms with Gasteiger partial charge in [-0.15, -0.1) is 0 Å². The number of halogens is 2. The summed E-state index contributed by atoms with van der Waals surface area (Å²) in [5.41, 5.74) is 0.884. The zero-order valence-corrected chi connectivity index (χ0v) is 18.8. The Balaban J connectivity index is 1.99. The molecule has 0 radical (unpaired) electrons. The molecule has 2 amide bonds. The Morgan fingerprint density at radius 2 is 1.75 bits per heavy atom. The molecule has 0 aromatic heterocycles. The van der Waals surface area contributed by atoms with Crippen LogP contribution in [0.4, 0.5) is 19.3 Å². The molecule has 0 spiro atoms. The Morgan fingerprint density at radius 1 is 1.00 bits per heavy atom. The van der Waals surface area contributed by atoms with Gasteiger partial charge in [0.25, 0.3) is 0 Å². The average molecular weight is 449 g/mol. The molecule has 0 unspecified atom stereocenters. The van der Waals surface area contributed by atoms with Crippen LogP contribution in [-0.4, -0.2) is 35.8 Å². The van der Waals surface area contributed by atoms with Gasteiger partial charge in [-0.2, -0.15) is 0 Å². The fraction of sp³-hybridized carbons (Fsp3) is 0.480. The lowest BCUT2D eigenvalue weighted by Gasteiger charge is -2.24. The highest BCUT2D eigenvalue weighted by molar-refractivity contribution is 5.89. The van der Waals surface area contributed by atoms with Crippen LogP contribution in [0.25, 0.3) is 0 Å². The first-order valence-corrected chi connectivity index (χ1v) is 11.4. The molecule has 2 aromatic rings. The van der Waals surface area contributed by atoms with Crippen molar-refractivity contribution in [3.63, 3.8) is 0 Å². The molecular weight excluding hydrogens is 414 g/mol. The molecule has 0 aliphatic heterocycles. The maximum absolute atomic E-state index is 14.0. The number of benzene rings is 2. The van der Waals surface area contributed by atoms with Crippen molar-refractivity contribution in [1.82, 2.24) is 4.90 Å². The van der Waals surface area contributed by atoms with Gasteiger partial charge in [0.05, 0.1) is 12.3 Å². The minimum Gasteiger partial charge on any atom is -0.494 e. The number of nitrogens with one attached hydrogen (secondary N) is 1. The van der Waals surface area contributed by atoms with Crippen molar-refractivity contribution in [3.8, 4) is 5.75 Å². The Bertz CT molecular complexity index is 815. The predicted molar refractivity (Wildman–Crippen MR) is 123 cm³/mol. The van der Waals surface area contributed by atoms with E-state index in [2.05, 4.69) is 12.2 Å². The number of urea groups is 1. The molecule has 2 N–H and O–H groups in total. The zero-order valence-electron chi connectivity index (χ0n) is 18.8. The summed E-state index contributed by atoms with van der Waals surface area (Å²) < 4.78 is 32.8. The minimum atomic E-state index is -0.802. The molecule has 2 aromatic carbocycles. The van der Waals surface area contributed by atoms with Crippen molar-refractivity contribution in [1.29, 1.82) is 0 Å². The summed E-state index contributed by atoms with van der Waals surface area (Å²) in [4.78, 5) is 14.5. The van der Waals surface area contributed by atoms with Crippen LogP contribution < -0.4 is 10.1 Å². The zero-order chi connectivity index (χ0) is 23.2. The molecule has 5 nitrogen and oxygen atoms in total. The van der Waals surface area contributed by atoms with Crippen LogP contribution in [0.1, 0.15) is 57.4 Å². The highest BCUT2D eigenvalue weighted by Crippen LogP contribution is 2.18. The van der Waals surface area contributed by atoms with Gasteiger partial charge in [0.15, 0.2) is 0 Å². The van der Waals surface area contributed by atoms with Gasteiger partial charge in [0.2, 0.25) is 0 Å². The molecule has 0 atom stereocenters. The Morgan fingerprint density at radius 3 is 2.44 bits per heavy atom. The second-order valence-corrected chi connectivity index (χ2v) is 7.81. The van der Waals surface area contributed by atoms with Gasteiger partial charge in [-0.05, 0) is 49.1 Å². The van der Waals surface area contributed by atoms with Crippen molar-refractivity contribution in [2.24, 2.45) is 0 Å². The maximum Gasteiger partial charge on any atom is 0.322 e. The quantitative estimate of drug-likeness (QED) is 0.342. The standard InChI is InChI=1S/C25H34F2N2O3/c1-2-3-4-5-6-15-29(25(31)28-24-14-11-21(26)18-23(24)27)19-20-9-12-22(13-10-20)32-17-8-7-16-30/h9-14,18,30H,2-8,15-17,19H2,1H3,(H,28,31). The highest BCUT2D eigenvalue weighted by Gasteiger charge is 2.16. The average Bonchev–Trinajstić information content (AvgIpc) is 2.78. The molecule has 2 rings (SSSR count). The van der Waals surface area contributed by atoms with E-state index in [-0.39, 0.29) is 12.3 Å². The van der Waals surface area contributed by atoms with Crippen molar-refractivity contribution in [2.75, 3.05) is 25.1 Å². The van der Waals surface area contributed by atoms with Gasteiger partial charge in [-0.25, -0.2) is 13.6 Å². The number of nitrogens with zero attached hydrogens (tertiary/aromatic N) is 1. The Labute approximate surface area is 189 Å². The largest absolute Gasteiger partial charge is 0.494 e. The van der Waals surface area contributed by atoms with Gasteiger partial charge in [0.1, 0.15) is 17.4 Å². The summed E-state index contributed by atoms with van der Waals surface area (Å²) in [7, 11) is 0. The van der Waals surface area contributed by atoms with Crippen LogP contribution in [0.15, 0.2) is 42.5 Å². The summed E-state index contributed by atoms with van der Waals surface area (Å²) in [5, 5.41) is 11.4. The lowest BCUT2D eigenvalue weighted by atomic mass is 10.1. The second kappa shape index (κ2) is 14.4. The Kier molecular flexibility index (Phi) is 11.5. The molecule has 0 bridgehead atoms. The van der Waals surface area contributed by atoms with E-state index in [1.165, 1.54) is 6.07 Å².